The average Bonchev–Trinajstić information content (AvgIpc) is 2.15. The molecule has 10 heavy (non-hydrogen) atoms. The van der Waals surface area contributed by atoms with Crippen LogP contribution >= 0.6 is 0 Å². The van der Waals surface area contributed by atoms with E-state index in [2.05, 4.69) is 4.42 Å². The van der Waals surface area contributed by atoms with Crippen molar-refractivity contribution in [2.75, 3.05) is 0 Å². The van der Waals surface area contributed by atoms with Crippen LogP contribution in [0.1, 0.15) is 19.4 Å². The Kier molecular flexibility index (Phi) is 1.81. The largest absolute Gasteiger partial charge is 0.480 e. The molecule has 0 aliphatic carbocycles. The van der Waals surface area contributed by atoms with Gasteiger partial charge in [-0.3, -0.25) is 0 Å². The fourth-order valence-electron chi connectivity index (χ4n) is 0.732. The summed E-state index contributed by atoms with van der Waals surface area (Å²) in [7, 11) is 0. The van der Waals surface area contributed by atoms with Crippen molar-refractivity contribution in [3.05, 3.63) is 23.5 Å². The van der Waals surface area contributed by atoms with Gasteiger partial charge < -0.3 is 9.52 Å². The number of hydrogen-bond donors (Lipinski definition) is 1. The van der Waals surface area contributed by atoms with Crippen LogP contribution in [0.3, 0.4) is 0 Å². The molecule has 0 spiro atoms. The number of hydrogen-bond acceptors (Lipinski definition) is 2. The first-order valence-electron chi connectivity index (χ1n) is 3.11. The summed E-state index contributed by atoms with van der Waals surface area (Å²) in [6.07, 6.45) is 3.32. The van der Waals surface area contributed by atoms with Gasteiger partial charge in [0.25, 0.3) is 5.95 Å². The lowest BCUT2D eigenvalue weighted by Crippen LogP contribution is -1.66. The van der Waals surface area contributed by atoms with E-state index < -0.39 is 0 Å². The zero-order valence-electron chi connectivity index (χ0n) is 6.09. The van der Waals surface area contributed by atoms with E-state index in [1.54, 1.807) is 6.07 Å². The van der Waals surface area contributed by atoms with Crippen molar-refractivity contribution in [2.24, 2.45) is 0 Å². The fourth-order valence-corrected chi connectivity index (χ4v) is 0.732. The van der Waals surface area contributed by atoms with Crippen LogP contribution in [0, 0.1) is 0 Å². The van der Waals surface area contributed by atoms with Crippen LogP contribution in [-0.4, -0.2) is 5.11 Å². The Morgan fingerprint density at radius 3 is 2.70 bits per heavy atom. The lowest BCUT2D eigenvalue weighted by molar-refractivity contribution is 0.331. The van der Waals surface area contributed by atoms with E-state index in [0.717, 1.165) is 11.1 Å². The maximum Gasteiger partial charge on any atom is 0.289 e. The molecule has 0 saturated heterocycles. The van der Waals surface area contributed by atoms with Gasteiger partial charge in [0.2, 0.25) is 0 Å². The van der Waals surface area contributed by atoms with Crippen molar-refractivity contribution in [1.29, 1.82) is 0 Å². The molecule has 54 valence electrons. The first-order valence-corrected chi connectivity index (χ1v) is 3.11. The molecule has 0 fully saturated rings. The second-order valence-electron chi connectivity index (χ2n) is 2.40. The molecule has 1 aromatic heterocycles. The van der Waals surface area contributed by atoms with Gasteiger partial charge in [-0.2, -0.15) is 0 Å². The van der Waals surface area contributed by atoms with Gasteiger partial charge in [-0.1, -0.05) is 5.57 Å². The topological polar surface area (TPSA) is 33.4 Å². The van der Waals surface area contributed by atoms with Crippen LogP contribution in [0.15, 0.2) is 22.3 Å². The first-order chi connectivity index (χ1) is 4.70. The maximum atomic E-state index is 8.99. The number of allylic oxidation sites excluding steroid dienone is 1. The second-order valence-corrected chi connectivity index (χ2v) is 2.40. The third-order valence-corrected chi connectivity index (χ3v) is 1.12. The minimum atomic E-state index is -0.0128. The maximum absolute atomic E-state index is 8.99. The van der Waals surface area contributed by atoms with Crippen molar-refractivity contribution >= 4 is 6.08 Å². The molecule has 0 unspecified atom stereocenters. The van der Waals surface area contributed by atoms with E-state index in [4.69, 9.17) is 5.11 Å². The van der Waals surface area contributed by atoms with Crippen LogP contribution in [0.5, 0.6) is 5.95 Å². The third kappa shape index (κ3) is 1.41. The lowest BCUT2D eigenvalue weighted by Gasteiger charge is -1.87. The molecule has 1 rings (SSSR count). The van der Waals surface area contributed by atoms with Gasteiger partial charge in [-0.05, 0) is 26.0 Å². The Balaban J connectivity index is 2.95. The highest BCUT2D eigenvalue weighted by Crippen LogP contribution is 2.19. The van der Waals surface area contributed by atoms with E-state index in [1.165, 1.54) is 6.26 Å². The van der Waals surface area contributed by atoms with Crippen molar-refractivity contribution in [1.82, 2.24) is 0 Å². The normalized spacial score (nSPS) is 9.40. The van der Waals surface area contributed by atoms with Gasteiger partial charge in [0.15, 0.2) is 0 Å². The molecule has 1 heterocycles. The molecule has 0 aromatic carbocycles. The van der Waals surface area contributed by atoms with E-state index in [0.29, 0.717) is 0 Å². The Labute approximate surface area is 59.8 Å². The van der Waals surface area contributed by atoms with Gasteiger partial charge in [0, 0.05) is 0 Å². The first kappa shape index (κ1) is 6.93. The molecular formula is C8H10O2. The molecule has 1 aromatic rings. The Hall–Kier alpha value is -1.18. The summed E-state index contributed by atoms with van der Waals surface area (Å²) >= 11 is 0. The molecule has 0 amide bonds. The zero-order valence-corrected chi connectivity index (χ0v) is 6.09. The van der Waals surface area contributed by atoms with Crippen molar-refractivity contribution in [3.63, 3.8) is 0 Å². The van der Waals surface area contributed by atoms with Gasteiger partial charge in [-0.15, -0.1) is 0 Å². The Bertz CT molecular complexity index is 242. The summed E-state index contributed by atoms with van der Waals surface area (Å²) in [6.45, 7) is 3.93. The van der Waals surface area contributed by atoms with Crippen LogP contribution in [0.2, 0.25) is 0 Å². The summed E-state index contributed by atoms with van der Waals surface area (Å²) in [6, 6.07) is 1.72. The lowest BCUT2D eigenvalue weighted by atomic mass is 10.2. The van der Waals surface area contributed by atoms with Gasteiger partial charge in [0.05, 0.1) is 11.8 Å². The molecule has 0 saturated carbocycles. The number of rotatable bonds is 1. The Morgan fingerprint density at radius 1 is 1.60 bits per heavy atom. The minimum absolute atomic E-state index is 0.0128. The van der Waals surface area contributed by atoms with Crippen LogP contribution < -0.4 is 0 Å². The molecule has 0 aliphatic heterocycles. The summed E-state index contributed by atoms with van der Waals surface area (Å²) in [4.78, 5) is 0. The second kappa shape index (κ2) is 2.60. The van der Waals surface area contributed by atoms with Crippen molar-refractivity contribution in [2.45, 2.75) is 13.8 Å². The molecule has 0 atom stereocenters. The smallest absolute Gasteiger partial charge is 0.289 e. The van der Waals surface area contributed by atoms with Crippen LogP contribution in [-0.2, 0) is 0 Å². The fraction of sp³-hybridized carbons (Fsp3) is 0.250. The molecule has 0 bridgehead atoms. The van der Waals surface area contributed by atoms with Gasteiger partial charge in [-0.25, -0.2) is 0 Å². The number of furan rings is 1. The molecule has 0 radical (unpaired) electrons. The van der Waals surface area contributed by atoms with Crippen LogP contribution in [0.4, 0.5) is 0 Å². The molecular weight excluding hydrogens is 128 g/mol. The van der Waals surface area contributed by atoms with E-state index in [-0.39, 0.29) is 5.95 Å². The van der Waals surface area contributed by atoms with Crippen molar-refractivity contribution < 1.29 is 9.52 Å². The van der Waals surface area contributed by atoms with Gasteiger partial charge in [0.1, 0.15) is 0 Å². The summed E-state index contributed by atoms with van der Waals surface area (Å²) in [5, 5.41) is 8.99. The van der Waals surface area contributed by atoms with E-state index >= 15 is 0 Å². The van der Waals surface area contributed by atoms with Crippen molar-refractivity contribution in [3.8, 4) is 5.95 Å². The van der Waals surface area contributed by atoms with E-state index in [9.17, 15) is 0 Å². The SMILES string of the molecule is CC(C)=Cc1ccoc1O. The quantitative estimate of drug-likeness (QED) is 0.646. The van der Waals surface area contributed by atoms with Gasteiger partial charge >= 0.3 is 0 Å². The summed E-state index contributed by atoms with van der Waals surface area (Å²) in [5.41, 5.74) is 1.87. The zero-order chi connectivity index (χ0) is 7.56. The predicted molar refractivity (Wildman–Crippen MR) is 39.7 cm³/mol. The highest BCUT2D eigenvalue weighted by molar-refractivity contribution is 5.55. The van der Waals surface area contributed by atoms with E-state index in [1.807, 2.05) is 19.9 Å². The van der Waals surface area contributed by atoms with Crippen LogP contribution in [0.25, 0.3) is 6.08 Å². The molecule has 2 heteroatoms. The Morgan fingerprint density at radius 2 is 2.30 bits per heavy atom. The summed E-state index contributed by atoms with van der Waals surface area (Å²) < 4.78 is 4.68. The molecule has 2 nitrogen and oxygen atoms in total. The monoisotopic (exact) mass is 138 g/mol. The predicted octanol–water partition coefficient (Wildman–Crippen LogP) is 2.41. The third-order valence-electron chi connectivity index (χ3n) is 1.12. The highest BCUT2D eigenvalue weighted by atomic mass is 16.5. The summed E-state index contributed by atoms with van der Waals surface area (Å²) in [5.74, 6) is -0.0128. The average molecular weight is 138 g/mol. The number of aromatic hydroxyl groups is 1. The molecule has 0 aliphatic rings. The molecule has 1 N–H and O–H groups in total. The standard InChI is InChI=1S/C8H10O2/c1-6(2)5-7-3-4-10-8(7)9/h3-5,9H,1-2H3. The highest BCUT2D eigenvalue weighted by Gasteiger charge is 1.98. The minimum Gasteiger partial charge on any atom is -0.480 e.